The number of hydrogen-bond acceptors (Lipinski definition) is 5. The Morgan fingerprint density at radius 1 is 0.960 bits per heavy atom. The van der Waals surface area contributed by atoms with Crippen molar-refractivity contribution in [1.82, 2.24) is 0 Å². The molecule has 0 unspecified atom stereocenters. The molecular formula is C20H26O4S. The molecule has 0 bridgehead atoms. The van der Waals surface area contributed by atoms with Gasteiger partial charge in [0.2, 0.25) is 0 Å². The third-order valence-electron chi connectivity index (χ3n) is 3.46. The number of ether oxygens (including phenoxy) is 3. The zero-order valence-corrected chi connectivity index (χ0v) is 16.3. The van der Waals surface area contributed by atoms with E-state index < -0.39 is 0 Å². The number of benzene rings is 2. The molecule has 0 spiro atoms. The fourth-order valence-corrected chi connectivity index (χ4v) is 2.20. The maximum atomic E-state index is 11.5. The van der Waals surface area contributed by atoms with Crippen LogP contribution in [0.3, 0.4) is 0 Å². The van der Waals surface area contributed by atoms with Gasteiger partial charge in [0.1, 0.15) is 11.5 Å². The van der Waals surface area contributed by atoms with Crippen LogP contribution in [0.25, 0.3) is 0 Å². The second-order valence-corrected chi connectivity index (χ2v) is 6.00. The van der Waals surface area contributed by atoms with Gasteiger partial charge in [0.05, 0.1) is 0 Å². The van der Waals surface area contributed by atoms with Crippen LogP contribution in [0.5, 0.6) is 11.5 Å². The number of ketones is 1. The van der Waals surface area contributed by atoms with Crippen molar-refractivity contribution in [2.45, 2.75) is 31.5 Å². The van der Waals surface area contributed by atoms with E-state index in [4.69, 9.17) is 4.74 Å². The van der Waals surface area contributed by atoms with Gasteiger partial charge in [-0.3, -0.25) is 4.79 Å². The summed E-state index contributed by atoms with van der Waals surface area (Å²) in [6.45, 7) is 3.69. The Morgan fingerprint density at radius 2 is 1.44 bits per heavy atom. The SMILES string of the molecule is CCC(=O)c1ccc(Oc2ccc(SC)cc2)cc1.COC(C)OC. The van der Waals surface area contributed by atoms with E-state index in [-0.39, 0.29) is 12.1 Å². The number of methoxy groups -OCH3 is 2. The molecule has 25 heavy (non-hydrogen) atoms. The highest BCUT2D eigenvalue weighted by Gasteiger charge is 2.03. The molecule has 2 rings (SSSR count). The Balaban J connectivity index is 0.000000450. The largest absolute Gasteiger partial charge is 0.457 e. The lowest BCUT2D eigenvalue weighted by atomic mass is 10.1. The van der Waals surface area contributed by atoms with E-state index in [0.29, 0.717) is 6.42 Å². The van der Waals surface area contributed by atoms with Crippen LogP contribution in [0.2, 0.25) is 0 Å². The second kappa shape index (κ2) is 11.7. The molecule has 0 fully saturated rings. The van der Waals surface area contributed by atoms with Crippen molar-refractivity contribution in [2.75, 3.05) is 20.5 Å². The van der Waals surface area contributed by atoms with E-state index in [1.54, 1.807) is 38.1 Å². The van der Waals surface area contributed by atoms with Crippen molar-refractivity contribution < 1.29 is 19.0 Å². The molecule has 0 heterocycles. The molecule has 0 amide bonds. The van der Waals surface area contributed by atoms with Crippen molar-refractivity contribution >= 4 is 17.5 Å². The summed E-state index contributed by atoms with van der Waals surface area (Å²) < 4.78 is 15.1. The van der Waals surface area contributed by atoms with Crippen LogP contribution in [0.15, 0.2) is 53.4 Å². The quantitative estimate of drug-likeness (QED) is 0.374. The lowest BCUT2D eigenvalue weighted by Gasteiger charge is -2.07. The van der Waals surface area contributed by atoms with Crippen LogP contribution in [0.4, 0.5) is 0 Å². The van der Waals surface area contributed by atoms with E-state index >= 15 is 0 Å². The summed E-state index contributed by atoms with van der Waals surface area (Å²) >= 11 is 1.70. The Kier molecular flexibility index (Phi) is 9.92. The molecule has 0 saturated carbocycles. The second-order valence-electron chi connectivity index (χ2n) is 5.12. The maximum absolute atomic E-state index is 11.5. The lowest BCUT2D eigenvalue weighted by Crippen LogP contribution is -2.05. The van der Waals surface area contributed by atoms with Gasteiger partial charge in [-0.25, -0.2) is 0 Å². The lowest BCUT2D eigenvalue weighted by molar-refractivity contribution is -0.0877. The van der Waals surface area contributed by atoms with E-state index in [2.05, 4.69) is 9.47 Å². The van der Waals surface area contributed by atoms with Gasteiger partial charge in [-0.2, -0.15) is 0 Å². The van der Waals surface area contributed by atoms with Crippen LogP contribution in [0, 0.1) is 0 Å². The number of carbonyl (C=O) groups excluding carboxylic acids is 1. The molecule has 0 aliphatic carbocycles. The summed E-state index contributed by atoms with van der Waals surface area (Å²) in [5.74, 6) is 1.69. The van der Waals surface area contributed by atoms with Crippen LogP contribution in [-0.2, 0) is 9.47 Å². The average molecular weight is 362 g/mol. The Labute approximate surface area is 154 Å². The molecule has 0 aromatic heterocycles. The van der Waals surface area contributed by atoms with Crippen LogP contribution in [-0.4, -0.2) is 32.5 Å². The molecule has 136 valence electrons. The highest BCUT2D eigenvalue weighted by atomic mass is 32.2. The monoisotopic (exact) mass is 362 g/mol. The fourth-order valence-electron chi connectivity index (χ4n) is 1.79. The molecule has 0 N–H and O–H groups in total. The summed E-state index contributed by atoms with van der Waals surface area (Å²) in [6, 6.07) is 15.2. The minimum atomic E-state index is -0.0648. The highest BCUT2D eigenvalue weighted by Crippen LogP contribution is 2.24. The molecule has 0 aliphatic rings. The van der Waals surface area contributed by atoms with Gasteiger partial charge >= 0.3 is 0 Å². The first-order chi connectivity index (χ1) is 12.0. The zero-order valence-electron chi connectivity index (χ0n) is 15.4. The zero-order chi connectivity index (χ0) is 18.7. The number of rotatable bonds is 7. The van der Waals surface area contributed by atoms with E-state index in [1.165, 1.54) is 4.90 Å². The number of Topliss-reactive ketones (excluding diaryl/α,β-unsaturated/α-hetero) is 1. The van der Waals surface area contributed by atoms with Gasteiger partial charge in [-0.15, -0.1) is 11.8 Å². The summed E-state index contributed by atoms with van der Waals surface area (Å²) in [4.78, 5) is 12.7. The number of hydrogen-bond donors (Lipinski definition) is 0. The summed E-state index contributed by atoms with van der Waals surface area (Å²) in [5, 5.41) is 0. The predicted molar refractivity (Wildman–Crippen MR) is 103 cm³/mol. The van der Waals surface area contributed by atoms with Gasteiger partial charge < -0.3 is 14.2 Å². The first-order valence-electron chi connectivity index (χ1n) is 8.04. The molecule has 2 aromatic carbocycles. The van der Waals surface area contributed by atoms with Gasteiger partial charge in [-0.05, 0) is 61.7 Å². The van der Waals surface area contributed by atoms with Crippen molar-refractivity contribution in [2.24, 2.45) is 0 Å². The maximum Gasteiger partial charge on any atom is 0.162 e. The van der Waals surface area contributed by atoms with Gasteiger partial charge in [-0.1, -0.05) is 6.92 Å². The van der Waals surface area contributed by atoms with Crippen LogP contribution >= 0.6 is 11.8 Å². The van der Waals surface area contributed by atoms with Gasteiger partial charge in [0.25, 0.3) is 0 Å². The minimum Gasteiger partial charge on any atom is -0.457 e. The fraction of sp³-hybridized carbons (Fsp3) is 0.350. The van der Waals surface area contributed by atoms with Crippen molar-refractivity contribution in [3.63, 3.8) is 0 Å². The average Bonchev–Trinajstić information content (AvgIpc) is 2.68. The van der Waals surface area contributed by atoms with Crippen molar-refractivity contribution in [1.29, 1.82) is 0 Å². The first kappa shape index (κ1) is 21.2. The number of carbonyl (C=O) groups is 1. The van der Waals surface area contributed by atoms with Crippen molar-refractivity contribution in [3.8, 4) is 11.5 Å². The number of thioether (sulfide) groups is 1. The first-order valence-corrected chi connectivity index (χ1v) is 9.27. The van der Waals surface area contributed by atoms with Crippen LogP contribution < -0.4 is 4.74 Å². The predicted octanol–water partition coefficient (Wildman–Crippen LogP) is 5.42. The standard InChI is InChI=1S/C16H16O2S.C4H10O2/c1-3-16(17)12-4-6-13(7-5-12)18-14-8-10-15(19-2)11-9-14;1-4(5-2)6-3/h4-11H,3H2,1-2H3;4H,1-3H3. The molecule has 0 saturated heterocycles. The summed E-state index contributed by atoms with van der Waals surface area (Å²) in [7, 11) is 3.21. The molecule has 0 atom stereocenters. The minimum absolute atomic E-state index is 0.0648. The van der Waals surface area contributed by atoms with E-state index in [0.717, 1.165) is 17.1 Å². The Bertz CT molecular complexity index is 619. The van der Waals surface area contributed by atoms with Crippen molar-refractivity contribution in [3.05, 3.63) is 54.1 Å². The van der Waals surface area contributed by atoms with Gasteiger partial charge in [0.15, 0.2) is 12.1 Å². The molecule has 0 radical (unpaired) electrons. The summed E-state index contributed by atoms with van der Waals surface area (Å²) in [5.41, 5.74) is 0.729. The Morgan fingerprint density at radius 3 is 1.80 bits per heavy atom. The summed E-state index contributed by atoms with van der Waals surface area (Å²) in [6.07, 6.45) is 2.50. The third-order valence-corrected chi connectivity index (χ3v) is 4.20. The molecule has 5 heteroatoms. The van der Waals surface area contributed by atoms with E-state index in [9.17, 15) is 4.79 Å². The van der Waals surface area contributed by atoms with Crippen LogP contribution in [0.1, 0.15) is 30.6 Å². The third kappa shape index (κ3) is 7.73. The smallest absolute Gasteiger partial charge is 0.162 e. The highest BCUT2D eigenvalue weighted by molar-refractivity contribution is 7.98. The normalized spacial score (nSPS) is 10.2. The molecule has 4 nitrogen and oxygen atoms in total. The molecule has 2 aromatic rings. The Hall–Kier alpha value is -1.82. The van der Waals surface area contributed by atoms with E-state index in [1.807, 2.05) is 56.5 Å². The topological polar surface area (TPSA) is 44.8 Å². The molecule has 0 aliphatic heterocycles. The van der Waals surface area contributed by atoms with Gasteiger partial charge in [0, 0.05) is 31.1 Å². The molecular weight excluding hydrogens is 336 g/mol.